The minimum atomic E-state index is -0.214. The number of nitrogens with one attached hydrogen (secondary N) is 1. The molecular weight excluding hydrogens is 348 g/mol. The lowest BCUT2D eigenvalue weighted by Crippen LogP contribution is -2.34. The lowest BCUT2D eigenvalue weighted by atomic mass is 10.1. The number of nitrogens with zero attached hydrogens (tertiary/aromatic N) is 3. The third-order valence-electron chi connectivity index (χ3n) is 4.51. The molecule has 0 fully saturated rings. The van der Waals surface area contributed by atoms with Crippen LogP contribution in [-0.2, 0) is 11.8 Å². The van der Waals surface area contributed by atoms with E-state index in [0.717, 1.165) is 32.7 Å². The maximum absolute atomic E-state index is 12.7. The number of aromatic nitrogens is 2. The van der Waals surface area contributed by atoms with Crippen molar-refractivity contribution in [1.82, 2.24) is 14.7 Å². The number of likely N-dealkylation sites (N-methyl/N-ethyl adjacent to an activating group) is 1. The zero-order valence-electron chi connectivity index (χ0n) is 15.6. The summed E-state index contributed by atoms with van der Waals surface area (Å²) in [5.74, 6) is -0.379. The van der Waals surface area contributed by atoms with E-state index < -0.39 is 0 Å². The topological polar surface area (TPSA) is 67.2 Å². The normalized spacial score (nSPS) is 11.0. The van der Waals surface area contributed by atoms with Crippen molar-refractivity contribution < 1.29 is 9.59 Å². The molecule has 1 N–H and O–H groups in total. The Balaban J connectivity index is 1.70. The molecule has 0 aliphatic heterocycles. The predicted molar refractivity (Wildman–Crippen MR) is 105 cm³/mol. The first-order valence-electron chi connectivity index (χ1n) is 8.32. The van der Waals surface area contributed by atoms with Gasteiger partial charge in [0.05, 0.1) is 17.1 Å². The lowest BCUT2D eigenvalue weighted by molar-refractivity contribution is -0.116. The molecular formula is C19H22N4O2S. The Kier molecular flexibility index (Phi) is 4.82. The second kappa shape index (κ2) is 6.92. The maximum atomic E-state index is 12.7. The molecule has 0 unspecified atom stereocenters. The molecule has 2 heterocycles. The monoisotopic (exact) mass is 370 g/mol. The van der Waals surface area contributed by atoms with Gasteiger partial charge in [0.25, 0.3) is 5.91 Å². The molecule has 7 heteroatoms. The molecule has 0 bridgehead atoms. The summed E-state index contributed by atoms with van der Waals surface area (Å²) in [5.41, 5.74) is 3.82. The molecule has 3 aromatic rings. The molecule has 0 saturated carbocycles. The zero-order chi connectivity index (χ0) is 19.0. The molecule has 0 aliphatic rings. The summed E-state index contributed by atoms with van der Waals surface area (Å²) in [5, 5.41) is 8.21. The first-order chi connectivity index (χ1) is 12.3. The Labute approximate surface area is 156 Å². The minimum absolute atomic E-state index is 0.00229. The van der Waals surface area contributed by atoms with Gasteiger partial charge < -0.3 is 10.2 Å². The number of benzene rings is 1. The number of carbonyl (C=O) groups is 2. The van der Waals surface area contributed by atoms with Crippen LogP contribution in [0.2, 0.25) is 0 Å². The largest absolute Gasteiger partial charge is 0.332 e. The highest BCUT2D eigenvalue weighted by Gasteiger charge is 2.20. The van der Waals surface area contributed by atoms with E-state index in [1.807, 2.05) is 52.1 Å². The van der Waals surface area contributed by atoms with Crippen molar-refractivity contribution in [3.63, 3.8) is 0 Å². The molecule has 2 amide bonds. The standard InChI is InChI=1S/C19H22N4O2S/c1-11-7-6-8-15(12(11)2)20-17(24)10-22(4)18(25)16-9-14-13(3)21-23(5)19(14)26-16/h6-9H,10H2,1-5H3,(H,20,24). The Hall–Kier alpha value is -2.67. The van der Waals surface area contributed by atoms with Crippen molar-refractivity contribution in [1.29, 1.82) is 0 Å². The summed E-state index contributed by atoms with van der Waals surface area (Å²) >= 11 is 1.39. The Bertz CT molecular complexity index is 968. The first kappa shape index (κ1) is 18.1. The summed E-state index contributed by atoms with van der Waals surface area (Å²) in [6.45, 7) is 5.88. The molecule has 3 rings (SSSR count). The quantitative estimate of drug-likeness (QED) is 0.766. The van der Waals surface area contributed by atoms with Gasteiger partial charge >= 0.3 is 0 Å². The summed E-state index contributed by atoms with van der Waals surface area (Å²) in [6, 6.07) is 7.62. The van der Waals surface area contributed by atoms with E-state index in [1.165, 1.54) is 16.2 Å². The van der Waals surface area contributed by atoms with E-state index in [2.05, 4.69) is 10.4 Å². The van der Waals surface area contributed by atoms with Crippen molar-refractivity contribution in [2.75, 3.05) is 18.9 Å². The molecule has 136 valence electrons. The molecule has 0 saturated heterocycles. The van der Waals surface area contributed by atoms with Crippen LogP contribution in [0.4, 0.5) is 5.69 Å². The van der Waals surface area contributed by atoms with Crippen LogP contribution in [0.15, 0.2) is 24.3 Å². The van der Waals surface area contributed by atoms with E-state index in [0.29, 0.717) is 4.88 Å². The molecule has 0 aliphatic carbocycles. The second-order valence-corrected chi connectivity index (χ2v) is 7.53. The van der Waals surface area contributed by atoms with E-state index in [9.17, 15) is 9.59 Å². The van der Waals surface area contributed by atoms with Crippen LogP contribution in [-0.4, -0.2) is 40.1 Å². The average Bonchev–Trinajstić information content (AvgIpc) is 3.13. The van der Waals surface area contributed by atoms with E-state index in [1.54, 1.807) is 11.7 Å². The van der Waals surface area contributed by atoms with Gasteiger partial charge in [0.1, 0.15) is 4.83 Å². The zero-order valence-corrected chi connectivity index (χ0v) is 16.4. The van der Waals surface area contributed by atoms with Crippen LogP contribution < -0.4 is 5.32 Å². The average molecular weight is 370 g/mol. The lowest BCUT2D eigenvalue weighted by Gasteiger charge is -2.17. The second-order valence-electron chi connectivity index (χ2n) is 6.50. The van der Waals surface area contributed by atoms with Crippen molar-refractivity contribution in [3.8, 4) is 0 Å². The molecule has 0 radical (unpaired) electrons. The van der Waals surface area contributed by atoms with Gasteiger partial charge in [-0.25, -0.2) is 0 Å². The number of anilines is 1. The van der Waals surface area contributed by atoms with Gasteiger partial charge in [-0.2, -0.15) is 5.10 Å². The third-order valence-corrected chi connectivity index (χ3v) is 5.70. The summed E-state index contributed by atoms with van der Waals surface area (Å²) in [6.07, 6.45) is 0. The fourth-order valence-corrected chi connectivity index (χ4v) is 3.98. The minimum Gasteiger partial charge on any atom is -0.332 e. The summed E-state index contributed by atoms with van der Waals surface area (Å²) in [7, 11) is 3.50. The van der Waals surface area contributed by atoms with Gasteiger partial charge in [-0.15, -0.1) is 11.3 Å². The summed E-state index contributed by atoms with van der Waals surface area (Å²) in [4.78, 5) is 28.0. The Morgan fingerprint density at radius 2 is 2.00 bits per heavy atom. The molecule has 0 atom stereocenters. The van der Waals surface area contributed by atoms with Crippen molar-refractivity contribution in [2.24, 2.45) is 7.05 Å². The van der Waals surface area contributed by atoms with Crippen molar-refractivity contribution >= 4 is 39.1 Å². The molecule has 6 nitrogen and oxygen atoms in total. The number of hydrogen-bond acceptors (Lipinski definition) is 4. The molecule has 26 heavy (non-hydrogen) atoms. The highest BCUT2D eigenvalue weighted by molar-refractivity contribution is 7.20. The fourth-order valence-electron chi connectivity index (χ4n) is 2.86. The first-order valence-corrected chi connectivity index (χ1v) is 9.14. The van der Waals surface area contributed by atoms with Crippen LogP contribution in [0.1, 0.15) is 26.5 Å². The van der Waals surface area contributed by atoms with Gasteiger partial charge in [-0.1, -0.05) is 12.1 Å². The predicted octanol–water partition coefficient (Wildman–Crippen LogP) is 3.27. The fraction of sp³-hybridized carbons (Fsp3) is 0.316. The number of amides is 2. The van der Waals surface area contributed by atoms with Gasteiger partial charge in [-0.3, -0.25) is 14.3 Å². The Morgan fingerprint density at radius 3 is 2.69 bits per heavy atom. The van der Waals surface area contributed by atoms with Crippen LogP contribution >= 0.6 is 11.3 Å². The maximum Gasteiger partial charge on any atom is 0.264 e. The van der Waals surface area contributed by atoms with Gasteiger partial charge in [0.2, 0.25) is 5.91 Å². The number of rotatable bonds is 4. The van der Waals surface area contributed by atoms with Gasteiger partial charge in [-0.05, 0) is 44.0 Å². The van der Waals surface area contributed by atoms with Crippen LogP contribution in [0.3, 0.4) is 0 Å². The number of hydrogen-bond donors (Lipinski definition) is 1. The number of thiophene rings is 1. The number of fused-ring (bicyclic) bond motifs is 1. The van der Waals surface area contributed by atoms with E-state index >= 15 is 0 Å². The number of aryl methyl sites for hydroxylation is 3. The molecule has 2 aromatic heterocycles. The van der Waals surface area contributed by atoms with Gasteiger partial charge in [0.15, 0.2) is 0 Å². The van der Waals surface area contributed by atoms with Crippen LogP contribution in [0.5, 0.6) is 0 Å². The highest BCUT2D eigenvalue weighted by Crippen LogP contribution is 2.28. The van der Waals surface area contributed by atoms with E-state index in [4.69, 9.17) is 0 Å². The summed E-state index contributed by atoms with van der Waals surface area (Å²) < 4.78 is 1.78. The number of carbonyl (C=O) groups excluding carboxylic acids is 2. The van der Waals surface area contributed by atoms with Crippen LogP contribution in [0, 0.1) is 20.8 Å². The van der Waals surface area contributed by atoms with E-state index in [-0.39, 0.29) is 18.4 Å². The molecule has 0 spiro atoms. The highest BCUT2D eigenvalue weighted by atomic mass is 32.1. The van der Waals surface area contributed by atoms with Crippen molar-refractivity contribution in [2.45, 2.75) is 20.8 Å². The third kappa shape index (κ3) is 3.35. The van der Waals surface area contributed by atoms with Crippen molar-refractivity contribution in [3.05, 3.63) is 46.0 Å². The van der Waals surface area contributed by atoms with Crippen LogP contribution in [0.25, 0.3) is 10.2 Å². The SMILES string of the molecule is Cc1cccc(NC(=O)CN(C)C(=O)c2cc3c(C)nn(C)c3s2)c1C. The molecule has 1 aromatic carbocycles. The smallest absolute Gasteiger partial charge is 0.264 e. The van der Waals surface area contributed by atoms with Gasteiger partial charge in [0, 0.05) is 25.2 Å². The Morgan fingerprint density at radius 1 is 1.27 bits per heavy atom.